The van der Waals surface area contributed by atoms with Gasteiger partial charge in [-0.25, -0.2) is 0 Å². The number of nitrogens with zero attached hydrogens (tertiary/aromatic N) is 4. The Morgan fingerprint density at radius 2 is 1.47 bits per heavy atom. The standard InChI is InChI=1S/C22H24ClN5O2/c1-22(2,3)26-19-18(28(29)30)20(25-21(23)24-19)27(14-16-10-6-4-7-11-16)15-17-12-8-5-9-13-17/h4-13H,14-15H2,1-3H3,(H,24,25,26). The predicted molar refractivity (Wildman–Crippen MR) is 120 cm³/mol. The van der Waals surface area contributed by atoms with E-state index >= 15 is 0 Å². The van der Waals surface area contributed by atoms with Crippen LogP contribution in [0.5, 0.6) is 0 Å². The fourth-order valence-corrected chi connectivity index (χ4v) is 3.23. The highest BCUT2D eigenvalue weighted by Crippen LogP contribution is 2.36. The van der Waals surface area contributed by atoms with Crippen molar-refractivity contribution < 1.29 is 4.92 Å². The normalized spacial score (nSPS) is 11.2. The van der Waals surface area contributed by atoms with Crippen molar-refractivity contribution in [2.45, 2.75) is 39.4 Å². The fourth-order valence-electron chi connectivity index (χ4n) is 3.06. The van der Waals surface area contributed by atoms with E-state index in [0.717, 1.165) is 11.1 Å². The van der Waals surface area contributed by atoms with Gasteiger partial charge in [0.25, 0.3) is 0 Å². The number of hydrogen-bond donors (Lipinski definition) is 1. The summed E-state index contributed by atoms with van der Waals surface area (Å²) < 4.78 is 0. The minimum absolute atomic E-state index is 0.0477. The van der Waals surface area contributed by atoms with Crippen molar-refractivity contribution >= 4 is 28.9 Å². The average Bonchev–Trinajstić information content (AvgIpc) is 2.67. The molecule has 0 unspecified atom stereocenters. The maximum Gasteiger partial charge on any atom is 0.353 e. The highest BCUT2D eigenvalue weighted by atomic mass is 35.5. The van der Waals surface area contributed by atoms with Gasteiger partial charge in [-0.3, -0.25) is 10.1 Å². The molecule has 0 amide bonds. The number of anilines is 2. The molecule has 0 atom stereocenters. The Hall–Kier alpha value is -3.19. The zero-order chi connectivity index (χ0) is 21.7. The summed E-state index contributed by atoms with van der Waals surface area (Å²) in [5.41, 5.74) is 1.37. The smallest absolute Gasteiger partial charge is 0.353 e. The molecule has 0 aliphatic carbocycles. The SMILES string of the molecule is CC(C)(C)Nc1nc(Cl)nc(N(Cc2ccccc2)Cc2ccccc2)c1[N+](=O)[O-]. The second kappa shape index (κ2) is 9.09. The molecule has 0 fully saturated rings. The number of nitro groups is 1. The lowest BCUT2D eigenvalue weighted by atomic mass is 10.1. The summed E-state index contributed by atoms with van der Waals surface area (Å²) in [6.07, 6.45) is 0. The van der Waals surface area contributed by atoms with Crippen LogP contribution >= 0.6 is 11.6 Å². The first-order chi connectivity index (χ1) is 14.2. The second-order valence-electron chi connectivity index (χ2n) is 7.97. The molecule has 1 aromatic heterocycles. The van der Waals surface area contributed by atoms with Crippen molar-refractivity contribution in [3.63, 3.8) is 0 Å². The van der Waals surface area contributed by atoms with Gasteiger partial charge in [-0.15, -0.1) is 0 Å². The van der Waals surface area contributed by atoms with Gasteiger partial charge in [0.2, 0.25) is 16.9 Å². The summed E-state index contributed by atoms with van der Waals surface area (Å²) in [6, 6.07) is 19.5. The first kappa shape index (κ1) is 21.5. The van der Waals surface area contributed by atoms with Crippen molar-refractivity contribution in [2.24, 2.45) is 0 Å². The van der Waals surface area contributed by atoms with Gasteiger partial charge in [0, 0.05) is 18.6 Å². The second-order valence-corrected chi connectivity index (χ2v) is 8.31. The lowest BCUT2D eigenvalue weighted by Gasteiger charge is -2.26. The molecule has 0 saturated carbocycles. The van der Waals surface area contributed by atoms with Gasteiger partial charge in [0.1, 0.15) is 0 Å². The summed E-state index contributed by atoms with van der Waals surface area (Å²) in [5, 5.41) is 15.1. The third kappa shape index (κ3) is 5.67. The molecule has 0 radical (unpaired) electrons. The monoisotopic (exact) mass is 425 g/mol. The molecule has 1 heterocycles. The van der Waals surface area contributed by atoms with Crippen molar-refractivity contribution in [1.29, 1.82) is 0 Å². The molecule has 2 aromatic carbocycles. The van der Waals surface area contributed by atoms with Crippen LogP contribution < -0.4 is 10.2 Å². The zero-order valence-electron chi connectivity index (χ0n) is 17.2. The summed E-state index contributed by atoms with van der Waals surface area (Å²) in [6.45, 7) is 6.56. The zero-order valence-corrected chi connectivity index (χ0v) is 17.9. The van der Waals surface area contributed by atoms with Crippen LogP contribution in [0.1, 0.15) is 31.9 Å². The number of benzene rings is 2. The molecule has 0 aliphatic rings. The Morgan fingerprint density at radius 1 is 0.967 bits per heavy atom. The molecule has 8 heteroatoms. The third-order valence-electron chi connectivity index (χ3n) is 4.25. The third-order valence-corrected chi connectivity index (χ3v) is 4.42. The van der Waals surface area contributed by atoms with E-state index in [2.05, 4.69) is 15.3 Å². The lowest BCUT2D eigenvalue weighted by molar-refractivity contribution is -0.383. The van der Waals surface area contributed by atoms with Crippen LogP contribution in [0, 0.1) is 10.1 Å². The van der Waals surface area contributed by atoms with Gasteiger partial charge in [0.15, 0.2) is 0 Å². The van der Waals surface area contributed by atoms with E-state index in [1.807, 2.05) is 86.3 Å². The van der Waals surface area contributed by atoms with Gasteiger partial charge >= 0.3 is 5.69 Å². The minimum atomic E-state index is -0.456. The Labute approximate surface area is 180 Å². The average molecular weight is 426 g/mol. The van der Waals surface area contributed by atoms with Crippen LogP contribution in [0.3, 0.4) is 0 Å². The molecular formula is C22H24ClN5O2. The van der Waals surface area contributed by atoms with E-state index in [1.54, 1.807) is 0 Å². The van der Waals surface area contributed by atoms with Crippen molar-refractivity contribution in [3.8, 4) is 0 Å². The molecule has 7 nitrogen and oxygen atoms in total. The molecule has 0 aliphatic heterocycles. The molecule has 3 aromatic rings. The molecule has 30 heavy (non-hydrogen) atoms. The van der Waals surface area contributed by atoms with Crippen LogP contribution in [0.2, 0.25) is 5.28 Å². The number of aromatic nitrogens is 2. The van der Waals surface area contributed by atoms with E-state index in [0.29, 0.717) is 13.1 Å². The van der Waals surface area contributed by atoms with E-state index < -0.39 is 10.5 Å². The molecule has 156 valence electrons. The van der Waals surface area contributed by atoms with Crippen LogP contribution in [0.4, 0.5) is 17.3 Å². The highest BCUT2D eigenvalue weighted by Gasteiger charge is 2.30. The lowest BCUT2D eigenvalue weighted by Crippen LogP contribution is -2.29. The maximum atomic E-state index is 12.1. The minimum Gasteiger partial charge on any atom is -0.360 e. The summed E-state index contributed by atoms with van der Waals surface area (Å²) in [7, 11) is 0. The van der Waals surface area contributed by atoms with Gasteiger partial charge in [-0.2, -0.15) is 9.97 Å². The molecular weight excluding hydrogens is 402 g/mol. The topological polar surface area (TPSA) is 84.2 Å². The maximum absolute atomic E-state index is 12.1. The number of halogens is 1. The Bertz CT molecular complexity index is 966. The van der Waals surface area contributed by atoms with Crippen molar-refractivity contribution in [2.75, 3.05) is 10.2 Å². The molecule has 1 N–H and O–H groups in total. The molecule has 3 rings (SSSR count). The van der Waals surface area contributed by atoms with Gasteiger partial charge in [0.05, 0.1) is 4.92 Å². The van der Waals surface area contributed by atoms with Crippen LogP contribution in [0.25, 0.3) is 0 Å². The van der Waals surface area contributed by atoms with Crippen LogP contribution in [0.15, 0.2) is 60.7 Å². The highest BCUT2D eigenvalue weighted by molar-refractivity contribution is 6.28. The number of nitrogens with one attached hydrogen (secondary N) is 1. The fraction of sp³-hybridized carbons (Fsp3) is 0.273. The summed E-state index contributed by atoms with van der Waals surface area (Å²) in [4.78, 5) is 21.8. The first-order valence-corrected chi connectivity index (χ1v) is 9.93. The molecule has 0 saturated heterocycles. The largest absolute Gasteiger partial charge is 0.360 e. The Balaban J connectivity index is 2.12. The van der Waals surface area contributed by atoms with E-state index in [-0.39, 0.29) is 22.6 Å². The Kier molecular flexibility index (Phi) is 6.52. The first-order valence-electron chi connectivity index (χ1n) is 9.56. The summed E-state index contributed by atoms with van der Waals surface area (Å²) >= 11 is 6.19. The Morgan fingerprint density at radius 3 is 1.90 bits per heavy atom. The quantitative estimate of drug-likeness (QED) is 0.307. The van der Waals surface area contributed by atoms with Crippen molar-refractivity contribution in [3.05, 3.63) is 87.2 Å². The van der Waals surface area contributed by atoms with Gasteiger partial charge in [-0.05, 0) is 43.5 Å². The number of rotatable bonds is 7. The van der Waals surface area contributed by atoms with E-state index in [1.165, 1.54) is 0 Å². The van der Waals surface area contributed by atoms with E-state index in [4.69, 9.17) is 11.6 Å². The number of hydrogen-bond acceptors (Lipinski definition) is 6. The van der Waals surface area contributed by atoms with Gasteiger partial charge in [-0.1, -0.05) is 60.7 Å². The molecule has 0 bridgehead atoms. The van der Waals surface area contributed by atoms with Crippen molar-refractivity contribution in [1.82, 2.24) is 9.97 Å². The predicted octanol–water partition coefficient (Wildman–Crippen LogP) is 5.46. The van der Waals surface area contributed by atoms with E-state index in [9.17, 15) is 10.1 Å². The summed E-state index contributed by atoms with van der Waals surface area (Å²) in [5.74, 6) is 0.285. The van der Waals surface area contributed by atoms with Crippen LogP contribution in [-0.2, 0) is 13.1 Å². The van der Waals surface area contributed by atoms with Crippen LogP contribution in [-0.4, -0.2) is 20.4 Å². The molecule has 0 spiro atoms. The van der Waals surface area contributed by atoms with Gasteiger partial charge < -0.3 is 10.2 Å².